The Kier molecular flexibility index (Phi) is 4.44. The predicted molar refractivity (Wildman–Crippen MR) is 70.2 cm³/mol. The van der Waals surface area contributed by atoms with E-state index >= 15 is 0 Å². The second kappa shape index (κ2) is 5.87. The lowest BCUT2D eigenvalue weighted by Gasteiger charge is -2.27. The van der Waals surface area contributed by atoms with Crippen molar-refractivity contribution in [2.75, 3.05) is 6.61 Å². The highest BCUT2D eigenvalue weighted by atomic mass is 16.6. The summed E-state index contributed by atoms with van der Waals surface area (Å²) in [5, 5.41) is 0. The molecule has 0 aromatic carbocycles. The van der Waals surface area contributed by atoms with Gasteiger partial charge in [-0.05, 0) is 37.7 Å². The van der Waals surface area contributed by atoms with Crippen LogP contribution < -0.4 is 0 Å². The van der Waals surface area contributed by atoms with Gasteiger partial charge in [0.15, 0.2) is 0 Å². The number of ether oxygens (including phenoxy) is 2. The first kappa shape index (κ1) is 13.6. The highest BCUT2D eigenvalue weighted by Crippen LogP contribution is 2.45. The van der Waals surface area contributed by atoms with Crippen LogP contribution in [-0.4, -0.2) is 24.8 Å². The van der Waals surface area contributed by atoms with Crippen LogP contribution in [0.25, 0.3) is 0 Å². The molecule has 2 fully saturated rings. The smallest absolute Gasteiger partial charge is 0.309 e. The van der Waals surface area contributed by atoms with Gasteiger partial charge in [-0.2, -0.15) is 0 Å². The lowest BCUT2D eigenvalue weighted by atomic mass is 9.77. The van der Waals surface area contributed by atoms with E-state index < -0.39 is 0 Å². The Labute approximate surface area is 110 Å². The summed E-state index contributed by atoms with van der Waals surface area (Å²) >= 11 is 0. The standard InChI is InChI=1S/C15H24O3/c1-4-5-6-11-7-13-14(18-13)8-12(11)15(16)17-9-10(2)3/h11-14H,2,4-9H2,1,3H3. The van der Waals surface area contributed by atoms with Crippen molar-refractivity contribution in [1.29, 1.82) is 0 Å². The van der Waals surface area contributed by atoms with E-state index in [9.17, 15) is 4.79 Å². The SMILES string of the molecule is C=C(C)COC(=O)C1CC2OC2CC1CCCC. The molecule has 1 saturated carbocycles. The highest BCUT2D eigenvalue weighted by Gasteiger charge is 2.50. The van der Waals surface area contributed by atoms with E-state index in [-0.39, 0.29) is 11.9 Å². The van der Waals surface area contributed by atoms with Crippen LogP contribution in [0.15, 0.2) is 12.2 Å². The summed E-state index contributed by atoms with van der Waals surface area (Å²) in [6, 6.07) is 0. The number of esters is 1. The molecule has 1 aliphatic carbocycles. The first-order chi connectivity index (χ1) is 8.61. The summed E-state index contributed by atoms with van der Waals surface area (Å²) in [6.07, 6.45) is 6.13. The molecule has 3 heteroatoms. The van der Waals surface area contributed by atoms with E-state index in [0.29, 0.717) is 24.7 Å². The van der Waals surface area contributed by atoms with Crippen LogP contribution in [-0.2, 0) is 14.3 Å². The summed E-state index contributed by atoms with van der Waals surface area (Å²) in [7, 11) is 0. The summed E-state index contributed by atoms with van der Waals surface area (Å²) < 4.78 is 10.9. The molecule has 1 aliphatic heterocycles. The molecule has 18 heavy (non-hydrogen) atoms. The van der Waals surface area contributed by atoms with Crippen molar-refractivity contribution in [3.05, 3.63) is 12.2 Å². The molecule has 1 heterocycles. The second-order valence-corrected chi connectivity index (χ2v) is 5.76. The molecule has 0 N–H and O–H groups in total. The lowest BCUT2D eigenvalue weighted by molar-refractivity contribution is -0.150. The van der Waals surface area contributed by atoms with E-state index in [2.05, 4.69) is 13.5 Å². The molecular weight excluding hydrogens is 228 g/mol. The number of carbonyl (C=O) groups is 1. The number of hydrogen-bond donors (Lipinski definition) is 0. The van der Waals surface area contributed by atoms with Gasteiger partial charge >= 0.3 is 5.97 Å². The number of carbonyl (C=O) groups excluding carboxylic acids is 1. The maximum Gasteiger partial charge on any atom is 0.309 e. The monoisotopic (exact) mass is 252 g/mol. The molecule has 0 radical (unpaired) electrons. The van der Waals surface area contributed by atoms with Crippen LogP contribution in [0.2, 0.25) is 0 Å². The largest absolute Gasteiger partial charge is 0.461 e. The topological polar surface area (TPSA) is 38.8 Å². The average Bonchev–Trinajstić information content (AvgIpc) is 3.10. The minimum absolute atomic E-state index is 0.0413. The number of hydrogen-bond acceptors (Lipinski definition) is 3. The Morgan fingerprint density at radius 1 is 1.39 bits per heavy atom. The van der Waals surface area contributed by atoms with Gasteiger partial charge < -0.3 is 9.47 Å². The van der Waals surface area contributed by atoms with Gasteiger partial charge in [-0.1, -0.05) is 26.3 Å². The Morgan fingerprint density at radius 3 is 2.78 bits per heavy atom. The first-order valence-electron chi connectivity index (χ1n) is 7.08. The molecule has 102 valence electrons. The zero-order chi connectivity index (χ0) is 13.1. The minimum Gasteiger partial charge on any atom is -0.461 e. The van der Waals surface area contributed by atoms with Crippen LogP contribution in [0, 0.1) is 11.8 Å². The van der Waals surface area contributed by atoms with Gasteiger partial charge in [-0.15, -0.1) is 0 Å². The molecule has 4 unspecified atom stereocenters. The van der Waals surface area contributed by atoms with Crippen molar-refractivity contribution < 1.29 is 14.3 Å². The summed E-state index contributed by atoms with van der Waals surface area (Å²) in [5.41, 5.74) is 0.893. The van der Waals surface area contributed by atoms with Crippen LogP contribution in [0.5, 0.6) is 0 Å². The highest BCUT2D eigenvalue weighted by molar-refractivity contribution is 5.73. The number of epoxide rings is 1. The maximum absolute atomic E-state index is 12.1. The third-order valence-corrected chi connectivity index (χ3v) is 3.97. The van der Waals surface area contributed by atoms with Gasteiger partial charge in [0.1, 0.15) is 6.61 Å². The molecule has 3 nitrogen and oxygen atoms in total. The van der Waals surface area contributed by atoms with E-state index in [1.165, 1.54) is 12.8 Å². The van der Waals surface area contributed by atoms with Crippen LogP contribution in [0.3, 0.4) is 0 Å². The van der Waals surface area contributed by atoms with Crippen LogP contribution in [0.1, 0.15) is 46.0 Å². The molecule has 2 rings (SSSR count). The lowest BCUT2D eigenvalue weighted by Crippen LogP contribution is -2.32. The first-order valence-corrected chi connectivity index (χ1v) is 7.08. The molecule has 4 atom stereocenters. The number of unbranched alkanes of at least 4 members (excludes halogenated alkanes) is 1. The Balaban J connectivity index is 1.89. The Bertz CT molecular complexity index is 324. The maximum atomic E-state index is 12.1. The Morgan fingerprint density at radius 2 is 2.11 bits per heavy atom. The molecule has 1 saturated heterocycles. The number of rotatable bonds is 6. The summed E-state index contributed by atoms with van der Waals surface area (Å²) in [5.74, 6) is 0.444. The molecular formula is C15H24O3. The quantitative estimate of drug-likeness (QED) is 0.414. The van der Waals surface area contributed by atoms with Crippen molar-refractivity contribution in [3.8, 4) is 0 Å². The van der Waals surface area contributed by atoms with E-state index in [1.807, 2.05) is 6.92 Å². The van der Waals surface area contributed by atoms with Gasteiger partial charge in [0, 0.05) is 0 Å². The molecule has 0 aromatic rings. The van der Waals surface area contributed by atoms with Crippen LogP contribution in [0.4, 0.5) is 0 Å². The van der Waals surface area contributed by atoms with Gasteiger partial charge in [0.05, 0.1) is 18.1 Å². The van der Waals surface area contributed by atoms with E-state index in [4.69, 9.17) is 9.47 Å². The molecule has 0 spiro atoms. The van der Waals surface area contributed by atoms with Gasteiger partial charge in [-0.25, -0.2) is 0 Å². The van der Waals surface area contributed by atoms with Crippen molar-refractivity contribution in [3.63, 3.8) is 0 Å². The molecule has 2 aliphatic rings. The van der Waals surface area contributed by atoms with Crippen molar-refractivity contribution >= 4 is 5.97 Å². The average molecular weight is 252 g/mol. The predicted octanol–water partition coefficient (Wildman–Crippen LogP) is 3.09. The zero-order valence-electron chi connectivity index (χ0n) is 11.5. The fourth-order valence-corrected chi connectivity index (χ4v) is 2.87. The molecule has 0 amide bonds. The number of fused-ring (bicyclic) bond motifs is 1. The zero-order valence-corrected chi connectivity index (χ0v) is 11.5. The van der Waals surface area contributed by atoms with Crippen molar-refractivity contribution in [1.82, 2.24) is 0 Å². The van der Waals surface area contributed by atoms with E-state index in [0.717, 1.165) is 24.8 Å². The summed E-state index contributed by atoms with van der Waals surface area (Å²) in [6.45, 7) is 8.18. The third-order valence-electron chi connectivity index (χ3n) is 3.97. The fourth-order valence-electron chi connectivity index (χ4n) is 2.87. The molecule has 0 aromatic heterocycles. The van der Waals surface area contributed by atoms with Crippen molar-refractivity contribution in [2.45, 2.75) is 58.2 Å². The van der Waals surface area contributed by atoms with Gasteiger partial charge in [0.2, 0.25) is 0 Å². The van der Waals surface area contributed by atoms with Gasteiger partial charge in [0.25, 0.3) is 0 Å². The van der Waals surface area contributed by atoms with Gasteiger partial charge in [-0.3, -0.25) is 4.79 Å². The molecule has 0 bridgehead atoms. The second-order valence-electron chi connectivity index (χ2n) is 5.76. The van der Waals surface area contributed by atoms with Crippen molar-refractivity contribution in [2.24, 2.45) is 11.8 Å². The summed E-state index contributed by atoms with van der Waals surface area (Å²) in [4.78, 5) is 12.1. The normalized spacial score (nSPS) is 33.7. The Hall–Kier alpha value is -0.830. The fraction of sp³-hybridized carbons (Fsp3) is 0.800. The van der Waals surface area contributed by atoms with Crippen LogP contribution >= 0.6 is 0 Å². The van der Waals surface area contributed by atoms with E-state index in [1.54, 1.807) is 0 Å². The minimum atomic E-state index is -0.0481. The third kappa shape index (κ3) is 3.35.